The van der Waals surface area contributed by atoms with Gasteiger partial charge in [-0.1, -0.05) is 15.9 Å². The van der Waals surface area contributed by atoms with E-state index in [2.05, 4.69) is 15.9 Å². The zero-order chi connectivity index (χ0) is 15.1. The molecule has 110 valence electrons. The zero-order valence-corrected chi connectivity index (χ0v) is 13.2. The van der Waals surface area contributed by atoms with Crippen LogP contribution in [0.15, 0.2) is 27.6 Å². The lowest BCUT2D eigenvalue weighted by Crippen LogP contribution is -2.43. The number of carbonyl (C=O) groups excluding carboxylic acids is 1. The van der Waals surface area contributed by atoms with Gasteiger partial charge in [-0.25, -0.2) is 8.42 Å². The molecule has 2 atom stereocenters. The van der Waals surface area contributed by atoms with Gasteiger partial charge in [0.1, 0.15) is 6.04 Å². The number of aliphatic hydroxyl groups is 1. The zero-order valence-electron chi connectivity index (χ0n) is 10.8. The molecule has 0 aliphatic carbocycles. The number of carbonyl (C=O) groups is 1. The van der Waals surface area contributed by atoms with Crippen molar-refractivity contribution in [2.45, 2.75) is 30.4 Å². The number of aliphatic hydroxyl groups excluding tert-OH is 1. The Morgan fingerprint density at radius 1 is 1.50 bits per heavy atom. The van der Waals surface area contributed by atoms with E-state index in [1.165, 1.54) is 12.1 Å². The summed E-state index contributed by atoms with van der Waals surface area (Å²) in [5.41, 5.74) is 5.98. The van der Waals surface area contributed by atoms with Crippen molar-refractivity contribution in [3.63, 3.8) is 0 Å². The molecular formula is C12H15BrN2O4S. The van der Waals surface area contributed by atoms with E-state index in [1.807, 2.05) is 0 Å². The van der Waals surface area contributed by atoms with Crippen LogP contribution in [0.25, 0.3) is 0 Å². The van der Waals surface area contributed by atoms with E-state index in [9.17, 15) is 18.3 Å². The van der Waals surface area contributed by atoms with E-state index < -0.39 is 28.1 Å². The van der Waals surface area contributed by atoms with E-state index in [4.69, 9.17) is 5.73 Å². The summed E-state index contributed by atoms with van der Waals surface area (Å²) in [6, 6.07) is 3.60. The molecule has 2 rings (SSSR count). The highest BCUT2D eigenvalue weighted by atomic mass is 79.9. The van der Waals surface area contributed by atoms with Crippen LogP contribution < -0.4 is 5.73 Å². The average molecular weight is 363 g/mol. The molecule has 1 heterocycles. The van der Waals surface area contributed by atoms with Gasteiger partial charge in [0.15, 0.2) is 0 Å². The van der Waals surface area contributed by atoms with Gasteiger partial charge < -0.3 is 10.8 Å². The van der Waals surface area contributed by atoms with Gasteiger partial charge in [0, 0.05) is 17.4 Å². The molecule has 3 N–H and O–H groups in total. The average Bonchev–Trinajstić information content (AvgIpc) is 2.75. The highest BCUT2D eigenvalue weighted by Gasteiger charge is 2.42. The van der Waals surface area contributed by atoms with Crippen LogP contribution in [0, 0.1) is 6.92 Å². The summed E-state index contributed by atoms with van der Waals surface area (Å²) in [6.45, 7) is 1.65. The topological polar surface area (TPSA) is 101 Å². The molecule has 1 saturated heterocycles. The van der Waals surface area contributed by atoms with Crippen LogP contribution >= 0.6 is 15.9 Å². The molecule has 2 unspecified atom stereocenters. The van der Waals surface area contributed by atoms with Crippen LogP contribution in [-0.4, -0.2) is 42.4 Å². The van der Waals surface area contributed by atoms with Crippen molar-refractivity contribution >= 4 is 31.9 Å². The first kappa shape index (κ1) is 15.4. The van der Waals surface area contributed by atoms with Crippen molar-refractivity contribution in [1.29, 1.82) is 0 Å². The van der Waals surface area contributed by atoms with Crippen molar-refractivity contribution < 1.29 is 18.3 Å². The fraction of sp³-hybridized carbons (Fsp3) is 0.417. The number of benzene rings is 1. The van der Waals surface area contributed by atoms with Crippen molar-refractivity contribution in [3.05, 3.63) is 28.2 Å². The molecule has 1 aliphatic rings. The third kappa shape index (κ3) is 2.73. The number of aryl methyl sites for hydroxylation is 1. The Morgan fingerprint density at radius 3 is 2.70 bits per heavy atom. The number of nitrogens with zero attached hydrogens (tertiary/aromatic N) is 1. The first-order valence-electron chi connectivity index (χ1n) is 5.99. The molecule has 8 heteroatoms. The van der Waals surface area contributed by atoms with Gasteiger partial charge in [-0.2, -0.15) is 4.31 Å². The van der Waals surface area contributed by atoms with Crippen molar-refractivity contribution in [3.8, 4) is 0 Å². The fourth-order valence-electron chi connectivity index (χ4n) is 2.22. The van der Waals surface area contributed by atoms with E-state index in [1.54, 1.807) is 13.0 Å². The largest absolute Gasteiger partial charge is 0.392 e. The second kappa shape index (κ2) is 5.44. The first-order chi connectivity index (χ1) is 9.23. The molecule has 0 saturated carbocycles. The number of β-amino-alcohol motifs (C(OH)–C–C–N with tert-alkyl or cyclic N) is 1. The van der Waals surface area contributed by atoms with Crippen molar-refractivity contribution in [2.75, 3.05) is 6.54 Å². The van der Waals surface area contributed by atoms with Gasteiger partial charge in [0.25, 0.3) is 0 Å². The number of hydrogen-bond acceptors (Lipinski definition) is 4. The predicted molar refractivity (Wildman–Crippen MR) is 76.4 cm³/mol. The quantitative estimate of drug-likeness (QED) is 0.810. The Hall–Kier alpha value is -0.960. The maximum Gasteiger partial charge on any atom is 0.243 e. The molecule has 0 bridgehead atoms. The van der Waals surface area contributed by atoms with Gasteiger partial charge in [-0.05, 0) is 30.7 Å². The van der Waals surface area contributed by atoms with E-state index in [0.29, 0.717) is 0 Å². The monoisotopic (exact) mass is 362 g/mol. The van der Waals surface area contributed by atoms with Crippen LogP contribution in [0.1, 0.15) is 12.0 Å². The SMILES string of the molecule is Cc1cc(S(=O)(=O)N2CC(O)CC2C(N)=O)ccc1Br. The summed E-state index contributed by atoms with van der Waals surface area (Å²) < 4.78 is 26.9. The lowest BCUT2D eigenvalue weighted by Gasteiger charge is -2.21. The Labute approximate surface area is 125 Å². The van der Waals surface area contributed by atoms with Crippen molar-refractivity contribution in [1.82, 2.24) is 4.31 Å². The third-order valence-corrected chi connectivity index (χ3v) is 6.06. The second-order valence-electron chi connectivity index (χ2n) is 4.79. The molecule has 6 nitrogen and oxygen atoms in total. The van der Waals surface area contributed by atoms with Crippen LogP contribution in [0.5, 0.6) is 0 Å². The van der Waals surface area contributed by atoms with Crippen LogP contribution in [0.4, 0.5) is 0 Å². The van der Waals surface area contributed by atoms with Crippen LogP contribution in [0.3, 0.4) is 0 Å². The molecule has 20 heavy (non-hydrogen) atoms. The van der Waals surface area contributed by atoms with Gasteiger partial charge in [0.2, 0.25) is 15.9 Å². The standard InChI is InChI=1S/C12H15BrN2O4S/c1-7-4-9(2-3-10(7)13)20(18,19)15-6-8(16)5-11(15)12(14)17/h2-4,8,11,16H,5-6H2,1H3,(H2,14,17). The van der Waals surface area contributed by atoms with Gasteiger partial charge >= 0.3 is 0 Å². The fourth-order valence-corrected chi connectivity index (χ4v) is 4.20. The molecule has 0 spiro atoms. The maximum absolute atomic E-state index is 12.6. The summed E-state index contributed by atoms with van der Waals surface area (Å²) in [5.74, 6) is -0.751. The number of rotatable bonds is 3. The minimum atomic E-state index is -3.85. The molecule has 0 radical (unpaired) electrons. The Morgan fingerprint density at radius 2 is 2.15 bits per heavy atom. The third-order valence-electron chi connectivity index (χ3n) is 3.30. The van der Waals surface area contributed by atoms with Gasteiger partial charge in [0.05, 0.1) is 11.0 Å². The van der Waals surface area contributed by atoms with Crippen LogP contribution in [0.2, 0.25) is 0 Å². The molecule has 1 amide bonds. The lowest BCUT2D eigenvalue weighted by molar-refractivity contribution is -0.121. The summed E-state index contributed by atoms with van der Waals surface area (Å²) in [7, 11) is -3.85. The normalized spacial score (nSPS) is 23.9. The molecule has 1 fully saturated rings. The number of primary amides is 1. The number of halogens is 1. The van der Waals surface area contributed by atoms with Crippen molar-refractivity contribution in [2.24, 2.45) is 5.73 Å². The lowest BCUT2D eigenvalue weighted by atomic mass is 10.2. The Kier molecular flexibility index (Phi) is 4.19. The Bertz CT molecular complexity index is 647. The summed E-state index contributed by atoms with van der Waals surface area (Å²) in [5, 5.41) is 9.61. The summed E-state index contributed by atoms with van der Waals surface area (Å²) in [4.78, 5) is 11.4. The van der Waals surface area contributed by atoms with Crippen LogP contribution in [-0.2, 0) is 14.8 Å². The molecular weight excluding hydrogens is 348 g/mol. The van der Waals surface area contributed by atoms with E-state index >= 15 is 0 Å². The minimum Gasteiger partial charge on any atom is -0.392 e. The summed E-state index contributed by atoms with van der Waals surface area (Å²) in [6.07, 6.45) is -0.844. The number of hydrogen-bond donors (Lipinski definition) is 2. The minimum absolute atomic E-state index is 0.0318. The highest BCUT2D eigenvalue weighted by Crippen LogP contribution is 2.28. The number of sulfonamides is 1. The number of amides is 1. The molecule has 1 aromatic rings. The molecule has 0 aromatic heterocycles. The first-order valence-corrected chi connectivity index (χ1v) is 8.22. The van der Waals surface area contributed by atoms with Gasteiger partial charge in [-0.3, -0.25) is 4.79 Å². The maximum atomic E-state index is 12.6. The molecule has 1 aliphatic heterocycles. The smallest absolute Gasteiger partial charge is 0.243 e. The van der Waals surface area contributed by atoms with E-state index in [0.717, 1.165) is 14.3 Å². The van der Waals surface area contributed by atoms with Gasteiger partial charge in [-0.15, -0.1) is 0 Å². The second-order valence-corrected chi connectivity index (χ2v) is 7.54. The summed E-state index contributed by atoms with van der Waals surface area (Å²) >= 11 is 3.30. The highest BCUT2D eigenvalue weighted by molar-refractivity contribution is 9.10. The van der Waals surface area contributed by atoms with E-state index in [-0.39, 0.29) is 17.9 Å². The molecule has 1 aromatic carbocycles. The Balaban J connectivity index is 2.43. The number of nitrogens with two attached hydrogens (primary N) is 1. The predicted octanol–water partition coefficient (Wildman–Crippen LogP) is 0.367.